The Hall–Kier alpha value is -2.81. The molecule has 0 radical (unpaired) electrons. The average molecular weight is 420 g/mol. The number of nitrogens with zero attached hydrogens (tertiary/aromatic N) is 2. The Labute approximate surface area is 175 Å². The maximum atomic E-state index is 12.7. The van der Waals surface area contributed by atoms with Crippen LogP contribution in [0.1, 0.15) is 33.6 Å². The van der Waals surface area contributed by atoms with Gasteiger partial charge >= 0.3 is 5.69 Å². The van der Waals surface area contributed by atoms with Crippen LogP contribution in [0.4, 0.5) is 17.2 Å². The maximum Gasteiger partial charge on any atom is 0.330 e. The number of nitrogens with one attached hydrogen (secondary N) is 2. The first kappa shape index (κ1) is 22.5. The van der Waals surface area contributed by atoms with Crippen LogP contribution in [0.5, 0.6) is 5.75 Å². The van der Waals surface area contributed by atoms with Crippen molar-refractivity contribution in [2.45, 2.75) is 40.2 Å². The van der Waals surface area contributed by atoms with Crippen LogP contribution in [0.25, 0.3) is 0 Å². The molecule has 2 rings (SSSR count). The van der Waals surface area contributed by atoms with Crippen LogP contribution in [0.3, 0.4) is 0 Å². The molecule has 8 nitrogen and oxygen atoms in total. The van der Waals surface area contributed by atoms with E-state index in [9.17, 15) is 9.59 Å². The summed E-state index contributed by atoms with van der Waals surface area (Å²) in [5.74, 6) is 0.971. The highest BCUT2D eigenvalue weighted by Gasteiger charge is 2.22. The molecular formula is C20H29N5O3S. The van der Waals surface area contributed by atoms with Gasteiger partial charge in [0.2, 0.25) is 0 Å². The van der Waals surface area contributed by atoms with E-state index in [-0.39, 0.29) is 17.4 Å². The summed E-state index contributed by atoms with van der Waals surface area (Å²) < 4.78 is 6.62. The third-order valence-corrected chi connectivity index (χ3v) is 4.66. The molecule has 1 heterocycles. The summed E-state index contributed by atoms with van der Waals surface area (Å²) in [6.45, 7) is 6.87. The van der Waals surface area contributed by atoms with Crippen molar-refractivity contribution >= 4 is 34.5 Å². The number of methoxy groups -OCH3 is 1. The molecule has 1 aromatic carbocycles. The van der Waals surface area contributed by atoms with E-state index in [1.54, 1.807) is 18.1 Å². The van der Waals surface area contributed by atoms with Gasteiger partial charge in [-0.15, -0.1) is 0 Å². The number of aromatic nitrogens is 2. The molecule has 0 unspecified atom stereocenters. The van der Waals surface area contributed by atoms with Crippen LogP contribution in [-0.2, 0) is 6.54 Å². The normalized spacial score (nSPS) is 10.8. The lowest BCUT2D eigenvalue weighted by Gasteiger charge is -2.27. The number of ether oxygens (including phenoxy) is 1. The average Bonchev–Trinajstić information content (AvgIpc) is 2.67. The summed E-state index contributed by atoms with van der Waals surface area (Å²) in [5.41, 5.74) is 6.10. The smallest absolute Gasteiger partial charge is 0.330 e. The number of nitrogen functional groups attached to an aromatic ring is 1. The Morgan fingerprint density at radius 2 is 2.10 bits per heavy atom. The fraction of sp³-hybridized carbons (Fsp3) is 0.450. The van der Waals surface area contributed by atoms with Gasteiger partial charge in [0.1, 0.15) is 11.6 Å². The molecule has 158 valence electrons. The second kappa shape index (κ2) is 10.1. The van der Waals surface area contributed by atoms with E-state index in [4.69, 9.17) is 22.7 Å². The highest BCUT2D eigenvalue weighted by atomic mass is 32.1. The van der Waals surface area contributed by atoms with E-state index in [0.29, 0.717) is 24.0 Å². The molecular weight excluding hydrogens is 390 g/mol. The lowest BCUT2D eigenvalue weighted by molar-refractivity contribution is 0.415. The first-order valence-electron chi connectivity index (χ1n) is 9.63. The van der Waals surface area contributed by atoms with E-state index in [1.807, 2.05) is 39.0 Å². The van der Waals surface area contributed by atoms with Crippen LogP contribution in [-0.4, -0.2) is 28.3 Å². The van der Waals surface area contributed by atoms with E-state index >= 15 is 0 Å². The van der Waals surface area contributed by atoms with Gasteiger partial charge in [0.15, 0.2) is 10.8 Å². The summed E-state index contributed by atoms with van der Waals surface area (Å²) in [6, 6.07) is 7.31. The summed E-state index contributed by atoms with van der Waals surface area (Å²) >= 11 is 5.59. The maximum absolute atomic E-state index is 12.7. The molecule has 0 saturated carbocycles. The Bertz CT molecular complexity index is 967. The van der Waals surface area contributed by atoms with Crippen LogP contribution in [0.2, 0.25) is 0 Å². The molecule has 9 heteroatoms. The molecule has 0 spiro atoms. The first-order valence-corrected chi connectivity index (χ1v) is 10.0. The van der Waals surface area contributed by atoms with E-state index in [2.05, 4.69) is 10.3 Å². The predicted octanol–water partition coefficient (Wildman–Crippen LogP) is 2.79. The van der Waals surface area contributed by atoms with Crippen molar-refractivity contribution in [2.24, 2.45) is 5.92 Å². The van der Waals surface area contributed by atoms with Gasteiger partial charge in [0, 0.05) is 24.8 Å². The standard InChI is InChI=1S/C20H29N5O3S/c1-5-6-10-24(20(29)22-14-8-7-9-15(11-14)28-4)16-17(21)25(12-13(2)3)19(27)23-18(16)26/h7-9,11,13H,5-6,10,12,21H2,1-4H3,(H,22,29)(H,23,26,27). The second-order valence-corrected chi connectivity index (χ2v) is 7.55. The Kier molecular flexibility index (Phi) is 7.83. The Balaban J connectivity index is 2.47. The number of thiocarbonyl (C=S) groups is 1. The number of hydrogen-bond acceptors (Lipinski definition) is 5. The number of H-pyrrole nitrogens is 1. The fourth-order valence-corrected chi connectivity index (χ4v) is 3.21. The molecule has 0 aliphatic carbocycles. The van der Waals surface area contributed by atoms with Crippen molar-refractivity contribution in [3.8, 4) is 5.75 Å². The number of hydrogen-bond donors (Lipinski definition) is 3. The minimum absolute atomic E-state index is 0.110. The molecule has 2 aromatic rings. The van der Waals surface area contributed by atoms with Gasteiger partial charge in [0.25, 0.3) is 5.56 Å². The summed E-state index contributed by atoms with van der Waals surface area (Å²) in [6.07, 6.45) is 1.70. The van der Waals surface area contributed by atoms with Crippen molar-refractivity contribution in [3.05, 3.63) is 45.1 Å². The fourth-order valence-electron chi connectivity index (χ4n) is 2.91. The zero-order valence-corrected chi connectivity index (χ0v) is 18.1. The number of unbranched alkanes of at least 4 members (excludes halogenated alkanes) is 1. The van der Waals surface area contributed by atoms with Crippen molar-refractivity contribution in [2.75, 3.05) is 29.6 Å². The van der Waals surface area contributed by atoms with Crippen LogP contribution >= 0.6 is 12.2 Å². The zero-order chi connectivity index (χ0) is 21.6. The van der Waals surface area contributed by atoms with Gasteiger partial charge in [-0.2, -0.15) is 0 Å². The Morgan fingerprint density at radius 3 is 2.72 bits per heavy atom. The number of rotatable bonds is 8. The van der Waals surface area contributed by atoms with Crippen LogP contribution in [0.15, 0.2) is 33.9 Å². The molecule has 29 heavy (non-hydrogen) atoms. The minimum Gasteiger partial charge on any atom is -0.497 e. The molecule has 0 aliphatic heterocycles. The SMILES string of the molecule is CCCCN(C(=S)Nc1cccc(OC)c1)c1c(N)n(CC(C)C)c(=O)[nH]c1=O. The molecule has 0 amide bonds. The molecule has 0 atom stereocenters. The number of anilines is 3. The summed E-state index contributed by atoms with van der Waals surface area (Å²) in [5, 5.41) is 3.45. The highest BCUT2D eigenvalue weighted by Crippen LogP contribution is 2.22. The monoisotopic (exact) mass is 419 g/mol. The second-order valence-electron chi connectivity index (χ2n) is 7.16. The molecule has 0 saturated heterocycles. The summed E-state index contributed by atoms with van der Waals surface area (Å²) in [4.78, 5) is 29.0. The number of benzene rings is 1. The van der Waals surface area contributed by atoms with Crippen molar-refractivity contribution in [1.29, 1.82) is 0 Å². The van der Waals surface area contributed by atoms with Gasteiger partial charge in [-0.05, 0) is 36.7 Å². The molecule has 1 aromatic heterocycles. The highest BCUT2D eigenvalue weighted by molar-refractivity contribution is 7.80. The van der Waals surface area contributed by atoms with Crippen molar-refractivity contribution in [3.63, 3.8) is 0 Å². The molecule has 0 bridgehead atoms. The van der Waals surface area contributed by atoms with Gasteiger partial charge in [-0.25, -0.2) is 4.79 Å². The van der Waals surface area contributed by atoms with Crippen LogP contribution in [0, 0.1) is 5.92 Å². The van der Waals surface area contributed by atoms with E-state index in [1.165, 1.54) is 4.57 Å². The van der Waals surface area contributed by atoms with Gasteiger partial charge in [0.05, 0.1) is 7.11 Å². The summed E-state index contributed by atoms with van der Waals surface area (Å²) in [7, 11) is 1.59. The van der Waals surface area contributed by atoms with E-state index in [0.717, 1.165) is 18.5 Å². The van der Waals surface area contributed by atoms with Crippen molar-refractivity contribution < 1.29 is 4.74 Å². The van der Waals surface area contributed by atoms with Gasteiger partial charge in [-0.1, -0.05) is 33.3 Å². The number of aromatic amines is 1. The third kappa shape index (κ3) is 5.60. The quantitative estimate of drug-likeness (QED) is 0.565. The van der Waals surface area contributed by atoms with Crippen LogP contribution < -0.4 is 31.9 Å². The lowest BCUT2D eigenvalue weighted by Crippen LogP contribution is -2.43. The van der Waals surface area contributed by atoms with E-state index < -0.39 is 11.2 Å². The molecule has 0 fully saturated rings. The topological polar surface area (TPSA) is 105 Å². The van der Waals surface area contributed by atoms with Crippen molar-refractivity contribution in [1.82, 2.24) is 9.55 Å². The first-order chi connectivity index (χ1) is 13.8. The van der Waals surface area contributed by atoms with Gasteiger partial charge < -0.3 is 20.7 Å². The third-order valence-electron chi connectivity index (χ3n) is 4.33. The largest absolute Gasteiger partial charge is 0.497 e. The predicted molar refractivity (Wildman–Crippen MR) is 122 cm³/mol. The Morgan fingerprint density at radius 1 is 1.38 bits per heavy atom. The number of nitrogens with two attached hydrogens (primary N) is 1. The van der Waals surface area contributed by atoms with Gasteiger partial charge in [-0.3, -0.25) is 14.3 Å². The molecule has 4 N–H and O–H groups in total. The zero-order valence-electron chi connectivity index (χ0n) is 17.3. The minimum atomic E-state index is -0.557. The molecule has 0 aliphatic rings. The lowest BCUT2D eigenvalue weighted by atomic mass is 10.2.